The maximum Gasteiger partial charge on any atom is 0.153 e. The van der Waals surface area contributed by atoms with Crippen LogP contribution < -0.4 is 10.4 Å². The molecule has 0 radical (unpaired) electrons. The number of hydrogen-bond acceptors (Lipinski definition) is 2. The van der Waals surface area contributed by atoms with Crippen LogP contribution in [0.2, 0.25) is 5.15 Å². The lowest BCUT2D eigenvalue weighted by atomic mass is 9.89. The van der Waals surface area contributed by atoms with Gasteiger partial charge in [0.25, 0.3) is 0 Å². The van der Waals surface area contributed by atoms with Crippen LogP contribution in [-0.4, -0.2) is 11.3 Å². The zero-order valence-corrected chi connectivity index (χ0v) is 11.0. The predicted octanol–water partition coefficient (Wildman–Crippen LogP) is 2.30. The van der Waals surface area contributed by atoms with Gasteiger partial charge in [-0.3, -0.25) is 4.79 Å². The van der Waals surface area contributed by atoms with Gasteiger partial charge >= 0.3 is 0 Å². The Kier molecular flexibility index (Phi) is 3.18. The van der Waals surface area contributed by atoms with Crippen LogP contribution >= 0.6 is 11.6 Å². The number of aldehydes is 1. The molecule has 0 saturated heterocycles. The monoisotopic (exact) mass is 269 g/mol. The van der Waals surface area contributed by atoms with Crippen LogP contribution in [0.15, 0.2) is 36.5 Å². The Morgan fingerprint density at radius 3 is 2.79 bits per heavy atom. The highest BCUT2D eigenvalue weighted by molar-refractivity contribution is 6.31. The number of hydrogen-bond donors (Lipinski definition) is 0. The molecule has 2 aromatic rings. The van der Waals surface area contributed by atoms with Crippen molar-refractivity contribution in [3.63, 3.8) is 0 Å². The first-order chi connectivity index (χ1) is 9.29. The van der Waals surface area contributed by atoms with Crippen molar-refractivity contribution >= 4 is 30.0 Å². The molecule has 1 heterocycles. The van der Waals surface area contributed by atoms with E-state index in [0.29, 0.717) is 5.56 Å². The molecule has 94 valence electrons. The second-order valence-corrected chi connectivity index (χ2v) is 4.92. The van der Waals surface area contributed by atoms with Crippen LogP contribution in [0.25, 0.3) is 12.2 Å². The molecule has 19 heavy (non-hydrogen) atoms. The van der Waals surface area contributed by atoms with Crippen molar-refractivity contribution in [3.05, 3.63) is 63.2 Å². The number of fused-ring (bicyclic) bond motifs is 1. The molecular formula is C16H12ClNO. The van der Waals surface area contributed by atoms with Crippen LogP contribution in [0.3, 0.4) is 0 Å². The van der Waals surface area contributed by atoms with Crippen molar-refractivity contribution in [2.24, 2.45) is 0 Å². The van der Waals surface area contributed by atoms with Crippen molar-refractivity contribution in [3.8, 4) is 0 Å². The van der Waals surface area contributed by atoms with Crippen LogP contribution in [0.4, 0.5) is 0 Å². The van der Waals surface area contributed by atoms with E-state index in [9.17, 15) is 4.79 Å². The Labute approximate surface area is 116 Å². The van der Waals surface area contributed by atoms with E-state index in [0.717, 1.165) is 18.3 Å². The molecular weight excluding hydrogens is 258 g/mol. The molecule has 0 saturated carbocycles. The number of nitrogens with zero attached hydrogens (tertiary/aromatic N) is 1. The van der Waals surface area contributed by atoms with E-state index in [4.69, 9.17) is 11.6 Å². The molecule has 0 bridgehead atoms. The van der Waals surface area contributed by atoms with E-state index >= 15 is 0 Å². The third kappa shape index (κ3) is 2.20. The van der Waals surface area contributed by atoms with Gasteiger partial charge in [-0.2, -0.15) is 0 Å². The largest absolute Gasteiger partial charge is 0.298 e. The highest BCUT2D eigenvalue weighted by Gasteiger charge is 2.16. The number of halogens is 1. The van der Waals surface area contributed by atoms with E-state index in [-0.39, 0.29) is 11.1 Å². The summed E-state index contributed by atoms with van der Waals surface area (Å²) in [6.45, 7) is 0. The van der Waals surface area contributed by atoms with Gasteiger partial charge in [-0.1, -0.05) is 48.0 Å². The maximum absolute atomic E-state index is 11.2. The SMILES string of the molecule is O=Cc1c(C2C=c3ccccc3=CC2)ccnc1Cl. The summed E-state index contributed by atoms with van der Waals surface area (Å²) in [6.07, 6.45) is 7.70. The maximum atomic E-state index is 11.2. The van der Waals surface area contributed by atoms with Gasteiger partial charge in [0.1, 0.15) is 5.15 Å². The summed E-state index contributed by atoms with van der Waals surface area (Å²) in [6, 6.07) is 10.1. The summed E-state index contributed by atoms with van der Waals surface area (Å²) in [4.78, 5) is 15.1. The fourth-order valence-corrected chi connectivity index (χ4v) is 2.72. The third-order valence-electron chi connectivity index (χ3n) is 3.46. The lowest BCUT2D eigenvalue weighted by Gasteiger charge is -2.16. The zero-order valence-electron chi connectivity index (χ0n) is 10.2. The lowest BCUT2D eigenvalue weighted by Crippen LogP contribution is -2.28. The second-order valence-electron chi connectivity index (χ2n) is 4.56. The minimum Gasteiger partial charge on any atom is -0.298 e. The summed E-state index contributed by atoms with van der Waals surface area (Å²) in [5.41, 5.74) is 1.44. The number of carbonyl (C=O) groups is 1. The number of pyridine rings is 1. The zero-order chi connectivity index (χ0) is 13.2. The minimum atomic E-state index is 0.176. The molecule has 1 unspecified atom stereocenters. The average molecular weight is 270 g/mol. The summed E-state index contributed by atoms with van der Waals surface area (Å²) in [5, 5.41) is 2.72. The molecule has 0 spiro atoms. The normalized spacial score (nSPS) is 17.0. The van der Waals surface area contributed by atoms with Gasteiger partial charge in [0, 0.05) is 12.1 Å². The second kappa shape index (κ2) is 4.98. The van der Waals surface area contributed by atoms with Crippen molar-refractivity contribution in [2.75, 3.05) is 0 Å². The summed E-state index contributed by atoms with van der Waals surface area (Å²) in [7, 11) is 0. The van der Waals surface area contributed by atoms with E-state index in [1.165, 1.54) is 10.4 Å². The molecule has 3 rings (SSSR count). The molecule has 3 heteroatoms. The average Bonchev–Trinajstić information content (AvgIpc) is 2.46. The third-order valence-corrected chi connectivity index (χ3v) is 3.76. The van der Waals surface area contributed by atoms with Crippen LogP contribution in [0.5, 0.6) is 0 Å². The van der Waals surface area contributed by atoms with Gasteiger partial charge in [-0.05, 0) is 28.5 Å². The Balaban J connectivity index is 2.13. The molecule has 2 nitrogen and oxygen atoms in total. The summed E-state index contributed by atoms with van der Waals surface area (Å²) >= 11 is 5.98. The van der Waals surface area contributed by atoms with E-state index in [1.54, 1.807) is 6.20 Å². The first kappa shape index (κ1) is 12.1. The number of benzene rings is 1. The molecule has 1 aromatic heterocycles. The molecule has 0 aliphatic heterocycles. The molecule has 0 N–H and O–H groups in total. The van der Waals surface area contributed by atoms with Crippen molar-refractivity contribution < 1.29 is 4.79 Å². The topological polar surface area (TPSA) is 30.0 Å². The lowest BCUT2D eigenvalue weighted by molar-refractivity contribution is 0.112. The molecule has 1 aromatic carbocycles. The Bertz CT molecular complexity index is 752. The van der Waals surface area contributed by atoms with Gasteiger partial charge in [0.15, 0.2) is 6.29 Å². The van der Waals surface area contributed by atoms with E-state index in [2.05, 4.69) is 29.3 Å². The van der Waals surface area contributed by atoms with Crippen LogP contribution in [0, 0.1) is 0 Å². The first-order valence-corrected chi connectivity index (χ1v) is 6.54. The Morgan fingerprint density at radius 1 is 1.21 bits per heavy atom. The molecule has 0 fully saturated rings. The first-order valence-electron chi connectivity index (χ1n) is 6.16. The number of carbonyl (C=O) groups excluding carboxylic acids is 1. The fraction of sp³-hybridized carbons (Fsp3) is 0.125. The molecule has 1 atom stereocenters. The molecule has 1 aliphatic rings. The minimum absolute atomic E-state index is 0.176. The quantitative estimate of drug-likeness (QED) is 0.619. The number of aromatic nitrogens is 1. The molecule has 0 amide bonds. The van der Waals surface area contributed by atoms with Gasteiger partial charge in [0.05, 0.1) is 5.56 Å². The van der Waals surface area contributed by atoms with Gasteiger partial charge in [-0.25, -0.2) is 4.98 Å². The smallest absolute Gasteiger partial charge is 0.153 e. The van der Waals surface area contributed by atoms with Gasteiger partial charge < -0.3 is 0 Å². The molecule has 1 aliphatic carbocycles. The Morgan fingerprint density at radius 2 is 2.00 bits per heavy atom. The predicted molar refractivity (Wildman–Crippen MR) is 76.6 cm³/mol. The highest BCUT2D eigenvalue weighted by Crippen LogP contribution is 2.28. The van der Waals surface area contributed by atoms with Crippen LogP contribution in [0.1, 0.15) is 28.3 Å². The van der Waals surface area contributed by atoms with Gasteiger partial charge in [-0.15, -0.1) is 0 Å². The van der Waals surface area contributed by atoms with Crippen molar-refractivity contribution in [1.29, 1.82) is 0 Å². The summed E-state index contributed by atoms with van der Waals surface area (Å²) in [5.74, 6) is 0.176. The summed E-state index contributed by atoms with van der Waals surface area (Å²) < 4.78 is 0. The van der Waals surface area contributed by atoms with Crippen LogP contribution in [-0.2, 0) is 0 Å². The van der Waals surface area contributed by atoms with E-state index < -0.39 is 0 Å². The highest BCUT2D eigenvalue weighted by atomic mass is 35.5. The van der Waals surface area contributed by atoms with E-state index in [1.807, 2.05) is 18.2 Å². The van der Waals surface area contributed by atoms with Gasteiger partial charge in [0.2, 0.25) is 0 Å². The standard InChI is InChI=1S/C16H12ClNO/c17-16-15(10-19)14(7-8-18-16)13-6-5-11-3-1-2-4-12(11)9-13/h1-5,7-10,13H,6H2. The fourth-order valence-electron chi connectivity index (χ4n) is 2.51. The number of rotatable bonds is 2. The Hall–Kier alpha value is -1.93. The van der Waals surface area contributed by atoms with Crippen molar-refractivity contribution in [2.45, 2.75) is 12.3 Å². The van der Waals surface area contributed by atoms with Crippen molar-refractivity contribution in [1.82, 2.24) is 4.98 Å².